The number of nitrogens with one attached hydrogen (secondary N) is 1. The van der Waals surface area contributed by atoms with Crippen LogP contribution in [0.1, 0.15) is 49.7 Å². The molecule has 1 heterocycles. The van der Waals surface area contributed by atoms with Crippen LogP contribution in [0.2, 0.25) is 0 Å². The Balaban J connectivity index is 1.64. The highest BCUT2D eigenvalue weighted by Gasteiger charge is 2.12. The summed E-state index contributed by atoms with van der Waals surface area (Å²) in [5.74, 6) is 0.981. The molecule has 1 fully saturated rings. The van der Waals surface area contributed by atoms with Gasteiger partial charge in [0.05, 0.1) is 0 Å². The number of aromatic nitrogens is 1. The fourth-order valence-electron chi connectivity index (χ4n) is 2.71. The zero-order valence-corrected chi connectivity index (χ0v) is 10.9. The van der Waals surface area contributed by atoms with Gasteiger partial charge in [0, 0.05) is 18.9 Å². The summed E-state index contributed by atoms with van der Waals surface area (Å²) in [4.78, 5) is 4.12. The summed E-state index contributed by atoms with van der Waals surface area (Å²) in [5, 5.41) is 3.56. The van der Waals surface area contributed by atoms with Gasteiger partial charge in [-0.1, -0.05) is 32.1 Å². The van der Waals surface area contributed by atoms with Crippen molar-refractivity contribution in [2.24, 2.45) is 5.92 Å². The lowest BCUT2D eigenvalue weighted by atomic mass is 9.87. The molecule has 0 spiro atoms. The lowest BCUT2D eigenvalue weighted by Gasteiger charge is -2.21. The van der Waals surface area contributed by atoms with E-state index in [1.807, 2.05) is 12.4 Å². The summed E-state index contributed by atoms with van der Waals surface area (Å²) in [6.07, 6.45) is 12.4. The minimum atomic E-state index is 0.981. The predicted octanol–water partition coefficient (Wildman–Crippen LogP) is 3.45. The molecule has 0 unspecified atom stereocenters. The van der Waals surface area contributed by atoms with Gasteiger partial charge in [-0.15, -0.1) is 0 Å². The second-order valence-electron chi connectivity index (χ2n) is 5.27. The smallest absolute Gasteiger partial charge is 0.0300 e. The summed E-state index contributed by atoms with van der Waals surface area (Å²) in [6.45, 7) is 4.28. The van der Waals surface area contributed by atoms with Crippen molar-refractivity contribution in [1.29, 1.82) is 0 Å². The van der Waals surface area contributed by atoms with Gasteiger partial charge in [-0.3, -0.25) is 4.98 Å². The molecule has 1 aliphatic rings. The van der Waals surface area contributed by atoms with E-state index in [1.165, 1.54) is 49.7 Å². The van der Waals surface area contributed by atoms with E-state index in [0.717, 1.165) is 19.0 Å². The zero-order valence-electron chi connectivity index (χ0n) is 10.9. The van der Waals surface area contributed by atoms with Crippen LogP contribution in [-0.4, -0.2) is 11.5 Å². The first-order valence-corrected chi connectivity index (χ1v) is 6.96. The number of rotatable bonds is 5. The molecule has 94 valence electrons. The number of nitrogens with zero attached hydrogens (tertiary/aromatic N) is 1. The van der Waals surface area contributed by atoms with Crippen LogP contribution < -0.4 is 5.32 Å². The third-order valence-corrected chi connectivity index (χ3v) is 3.91. The zero-order chi connectivity index (χ0) is 11.9. The van der Waals surface area contributed by atoms with Crippen LogP contribution >= 0.6 is 0 Å². The molecule has 17 heavy (non-hydrogen) atoms. The van der Waals surface area contributed by atoms with Gasteiger partial charge in [-0.05, 0) is 43.0 Å². The van der Waals surface area contributed by atoms with E-state index >= 15 is 0 Å². The fraction of sp³-hybridized carbons (Fsp3) is 0.667. The van der Waals surface area contributed by atoms with Crippen LogP contribution in [0.5, 0.6) is 0 Å². The number of pyridine rings is 1. The summed E-state index contributed by atoms with van der Waals surface area (Å²) in [6, 6.07) is 2.11. The Morgan fingerprint density at radius 2 is 2.12 bits per heavy atom. The van der Waals surface area contributed by atoms with Gasteiger partial charge in [-0.2, -0.15) is 0 Å². The maximum Gasteiger partial charge on any atom is 0.0300 e. The molecular formula is C15H24N2. The number of aryl methyl sites for hydroxylation is 1. The van der Waals surface area contributed by atoms with E-state index in [-0.39, 0.29) is 0 Å². The molecule has 0 atom stereocenters. The molecule has 0 radical (unpaired) electrons. The maximum atomic E-state index is 4.12. The standard InChI is InChI=1S/C15H24N2/c1-13-11-16-10-8-15(13)12-17-9-7-14-5-3-2-4-6-14/h8,10-11,14,17H,2-7,9,12H2,1H3. The van der Waals surface area contributed by atoms with Crippen molar-refractivity contribution >= 4 is 0 Å². The van der Waals surface area contributed by atoms with Gasteiger partial charge in [-0.25, -0.2) is 0 Å². The van der Waals surface area contributed by atoms with Gasteiger partial charge in [0.2, 0.25) is 0 Å². The lowest BCUT2D eigenvalue weighted by molar-refractivity contribution is 0.334. The summed E-state index contributed by atoms with van der Waals surface area (Å²) < 4.78 is 0. The molecule has 2 rings (SSSR count). The SMILES string of the molecule is Cc1cnccc1CNCCC1CCCCC1. The van der Waals surface area contributed by atoms with E-state index in [9.17, 15) is 0 Å². The summed E-state index contributed by atoms with van der Waals surface area (Å²) in [5.41, 5.74) is 2.67. The average molecular weight is 232 g/mol. The van der Waals surface area contributed by atoms with Crippen molar-refractivity contribution in [3.05, 3.63) is 29.6 Å². The highest BCUT2D eigenvalue weighted by molar-refractivity contribution is 5.21. The average Bonchev–Trinajstić information content (AvgIpc) is 2.38. The predicted molar refractivity (Wildman–Crippen MR) is 71.9 cm³/mol. The Bertz CT molecular complexity index is 329. The molecule has 0 aliphatic heterocycles. The topological polar surface area (TPSA) is 24.9 Å². The Morgan fingerprint density at radius 3 is 2.88 bits per heavy atom. The van der Waals surface area contributed by atoms with Crippen molar-refractivity contribution in [3.8, 4) is 0 Å². The molecule has 0 bridgehead atoms. The molecule has 2 nitrogen and oxygen atoms in total. The molecule has 1 aliphatic carbocycles. The van der Waals surface area contributed by atoms with Crippen LogP contribution in [0.3, 0.4) is 0 Å². The molecule has 0 aromatic carbocycles. The van der Waals surface area contributed by atoms with E-state index < -0.39 is 0 Å². The van der Waals surface area contributed by atoms with E-state index in [2.05, 4.69) is 23.3 Å². The van der Waals surface area contributed by atoms with Gasteiger partial charge in [0.15, 0.2) is 0 Å². The Morgan fingerprint density at radius 1 is 1.29 bits per heavy atom. The Labute approximate surface area is 105 Å². The molecule has 1 saturated carbocycles. The van der Waals surface area contributed by atoms with Crippen LogP contribution in [0.4, 0.5) is 0 Å². The minimum Gasteiger partial charge on any atom is -0.313 e. The van der Waals surface area contributed by atoms with Crippen molar-refractivity contribution in [2.75, 3.05) is 6.54 Å². The highest BCUT2D eigenvalue weighted by atomic mass is 14.8. The Kier molecular flexibility index (Phi) is 4.99. The molecule has 0 saturated heterocycles. The van der Waals surface area contributed by atoms with Crippen molar-refractivity contribution < 1.29 is 0 Å². The first-order chi connectivity index (χ1) is 8.36. The highest BCUT2D eigenvalue weighted by Crippen LogP contribution is 2.25. The van der Waals surface area contributed by atoms with Gasteiger partial charge >= 0.3 is 0 Å². The molecular weight excluding hydrogens is 208 g/mol. The maximum absolute atomic E-state index is 4.12. The second kappa shape index (κ2) is 6.75. The van der Waals surface area contributed by atoms with Crippen LogP contribution in [0, 0.1) is 12.8 Å². The quantitative estimate of drug-likeness (QED) is 0.787. The number of hydrogen-bond acceptors (Lipinski definition) is 2. The minimum absolute atomic E-state index is 0.981. The molecule has 1 N–H and O–H groups in total. The lowest BCUT2D eigenvalue weighted by Crippen LogP contribution is -2.19. The van der Waals surface area contributed by atoms with E-state index in [0.29, 0.717) is 0 Å². The monoisotopic (exact) mass is 232 g/mol. The van der Waals surface area contributed by atoms with E-state index in [1.54, 1.807) is 0 Å². The third kappa shape index (κ3) is 4.12. The Hall–Kier alpha value is -0.890. The summed E-state index contributed by atoms with van der Waals surface area (Å²) in [7, 11) is 0. The van der Waals surface area contributed by atoms with Crippen LogP contribution in [0.15, 0.2) is 18.5 Å². The largest absolute Gasteiger partial charge is 0.313 e. The second-order valence-corrected chi connectivity index (χ2v) is 5.27. The normalized spacial score (nSPS) is 17.2. The first kappa shape index (κ1) is 12.6. The molecule has 2 heteroatoms. The fourth-order valence-corrected chi connectivity index (χ4v) is 2.71. The van der Waals surface area contributed by atoms with Crippen molar-refractivity contribution in [2.45, 2.75) is 52.0 Å². The van der Waals surface area contributed by atoms with Crippen LogP contribution in [0.25, 0.3) is 0 Å². The molecule has 1 aromatic rings. The van der Waals surface area contributed by atoms with Gasteiger partial charge < -0.3 is 5.32 Å². The van der Waals surface area contributed by atoms with Gasteiger partial charge in [0.25, 0.3) is 0 Å². The van der Waals surface area contributed by atoms with Gasteiger partial charge in [0.1, 0.15) is 0 Å². The summed E-state index contributed by atoms with van der Waals surface area (Å²) >= 11 is 0. The first-order valence-electron chi connectivity index (χ1n) is 6.96. The van der Waals surface area contributed by atoms with Crippen molar-refractivity contribution in [3.63, 3.8) is 0 Å². The van der Waals surface area contributed by atoms with Crippen molar-refractivity contribution in [1.82, 2.24) is 10.3 Å². The number of hydrogen-bond donors (Lipinski definition) is 1. The molecule has 1 aromatic heterocycles. The van der Waals surface area contributed by atoms with Crippen LogP contribution in [-0.2, 0) is 6.54 Å². The molecule has 0 amide bonds. The third-order valence-electron chi connectivity index (χ3n) is 3.91. The van der Waals surface area contributed by atoms with E-state index in [4.69, 9.17) is 0 Å².